The lowest BCUT2D eigenvalue weighted by molar-refractivity contribution is -0.115. The average Bonchev–Trinajstić information content (AvgIpc) is 2.65. The van der Waals surface area contributed by atoms with Crippen LogP contribution < -0.4 is 9.47 Å². The van der Waals surface area contributed by atoms with Crippen molar-refractivity contribution in [3.05, 3.63) is 60.2 Å². The molecule has 4 nitrogen and oxygen atoms in total. The first-order valence-electron chi connectivity index (χ1n) is 7.55. The number of benzene rings is 2. The number of ether oxygens (including phenoxy) is 2. The normalized spacial score (nSPS) is 8.12. The SMILES string of the molecule is CC.CC(C)=O.COc1cccc(OC(=O)c2ccccc2)c1.II. The fourth-order valence-corrected chi connectivity index (χ4v) is 1.40. The first-order chi connectivity index (χ1) is 12.0. The van der Waals surface area contributed by atoms with E-state index < -0.39 is 0 Å². The van der Waals surface area contributed by atoms with Gasteiger partial charge in [0.2, 0.25) is 0 Å². The monoisotopic (exact) mass is 570 g/mol. The van der Waals surface area contributed by atoms with Crippen molar-refractivity contribution < 1.29 is 19.1 Å². The molecule has 0 aliphatic carbocycles. The lowest BCUT2D eigenvalue weighted by Gasteiger charge is -2.05. The molecule has 0 unspecified atom stereocenters. The Kier molecular flexibility index (Phi) is 18.4. The first kappa shape index (κ1) is 26.1. The van der Waals surface area contributed by atoms with Crippen molar-refractivity contribution in [1.82, 2.24) is 0 Å². The average molecular weight is 570 g/mol. The van der Waals surface area contributed by atoms with E-state index in [9.17, 15) is 9.59 Å². The summed E-state index contributed by atoms with van der Waals surface area (Å²) in [6, 6.07) is 15.8. The van der Waals surface area contributed by atoms with Crippen LogP contribution in [0.3, 0.4) is 0 Å². The third-order valence-electron chi connectivity index (χ3n) is 2.26. The Bertz CT molecular complexity index is 597. The number of ketones is 1. The zero-order chi connectivity index (χ0) is 19.7. The molecule has 0 saturated carbocycles. The highest BCUT2D eigenvalue weighted by molar-refractivity contribution is 15.0. The quantitative estimate of drug-likeness (QED) is 0.247. The fourth-order valence-electron chi connectivity index (χ4n) is 1.40. The molecule has 0 N–H and O–H groups in total. The van der Waals surface area contributed by atoms with Gasteiger partial charge in [-0.1, -0.05) is 38.1 Å². The summed E-state index contributed by atoms with van der Waals surface area (Å²) in [4.78, 5) is 21.2. The predicted octanol–water partition coefficient (Wildman–Crippen LogP) is 6.31. The van der Waals surface area contributed by atoms with Gasteiger partial charge in [-0.2, -0.15) is 0 Å². The molecule has 138 valence electrons. The summed E-state index contributed by atoms with van der Waals surface area (Å²) in [7, 11) is 1.57. The Hall–Kier alpha value is -1.16. The molecule has 0 amide bonds. The van der Waals surface area contributed by atoms with Gasteiger partial charge in [0.1, 0.15) is 17.3 Å². The van der Waals surface area contributed by atoms with E-state index in [4.69, 9.17) is 9.47 Å². The van der Waals surface area contributed by atoms with Gasteiger partial charge in [-0.15, -0.1) is 0 Å². The van der Waals surface area contributed by atoms with Gasteiger partial charge in [0.05, 0.1) is 12.7 Å². The molecule has 6 heteroatoms. The van der Waals surface area contributed by atoms with Gasteiger partial charge in [-0.25, -0.2) is 4.79 Å². The lowest BCUT2D eigenvalue weighted by atomic mass is 10.2. The van der Waals surface area contributed by atoms with Crippen molar-refractivity contribution in [3.63, 3.8) is 0 Å². The zero-order valence-corrected chi connectivity index (χ0v) is 19.4. The molecule has 2 rings (SSSR count). The molecule has 2 aromatic rings. The molecule has 2 aromatic carbocycles. The summed E-state index contributed by atoms with van der Waals surface area (Å²) in [5.74, 6) is 0.917. The van der Waals surface area contributed by atoms with E-state index in [-0.39, 0.29) is 11.8 Å². The van der Waals surface area contributed by atoms with Crippen LogP contribution in [0.1, 0.15) is 38.1 Å². The van der Waals surface area contributed by atoms with Crippen LogP contribution in [-0.4, -0.2) is 18.9 Å². The van der Waals surface area contributed by atoms with Crippen molar-refractivity contribution in [3.8, 4) is 11.5 Å². The highest BCUT2D eigenvalue weighted by atomic mass is 128. The number of hydrogen-bond donors (Lipinski definition) is 0. The predicted molar refractivity (Wildman–Crippen MR) is 120 cm³/mol. The van der Waals surface area contributed by atoms with Gasteiger partial charge >= 0.3 is 5.97 Å². The van der Waals surface area contributed by atoms with Crippen molar-refractivity contribution in [2.75, 3.05) is 7.11 Å². The Labute approximate surface area is 173 Å². The highest BCUT2D eigenvalue weighted by Crippen LogP contribution is 2.19. The van der Waals surface area contributed by atoms with Crippen LogP contribution >= 0.6 is 37.2 Å². The lowest BCUT2D eigenvalue weighted by Crippen LogP contribution is -2.08. The van der Waals surface area contributed by atoms with E-state index in [0.717, 1.165) is 0 Å². The minimum atomic E-state index is -0.376. The largest absolute Gasteiger partial charge is 0.497 e. The van der Waals surface area contributed by atoms with Crippen LogP contribution in [0.15, 0.2) is 54.6 Å². The van der Waals surface area contributed by atoms with Gasteiger partial charge < -0.3 is 14.3 Å². The second kappa shape index (κ2) is 17.7. The molecule has 0 radical (unpaired) electrons. The van der Waals surface area contributed by atoms with Crippen LogP contribution in [0.5, 0.6) is 11.5 Å². The molecule has 0 heterocycles. The van der Waals surface area contributed by atoms with Gasteiger partial charge in [-0.3, -0.25) is 0 Å². The smallest absolute Gasteiger partial charge is 0.343 e. The van der Waals surface area contributed by atoms with E-state index in [1.807, 2.05) is 19.9 Å². The second-order valence-corrected chi connectivity index (χ2v) is 4.34. The molecule has 0 atom stereocenters. The third-order valence-corrected chi connectivity index (χ3v) is 2.26. The number of rotatable bonds is 3. The molecule has 0 fully saturated rings. The van der Waals surface area contributed by atoms with Crippen LogP contribution in [0.25, 0.3) is 0 Å². The van der Waals surface area contributed by atoms with Crippen molar-refractivity contribution >= 4 is 49.0 Å². The van der Waals surface area contributed by atoms with E-state index in [1.54, 1.807) is 55.6 Å². The minimum Gasteiger partial charge on any atom is -0.497 e. The van der Waals surface area contributed by atoms with Crippen LogP contribution in [0.4, 0.5) is 0 Å². The molecule has 0 aliphatic rings. The van der Waals surface area contributed by atoms with E-state index in [0.29, 0.717) is 17.1 Å². The van der Waals surface area contributed by atoms with E-state index in [1.165, 1.54) is 13.8 Å². The van der Waals surface area contributed by atoms with Crippen molar-refractivity contribution in [1.29, 1.82) is 0 Å². The maximum Gasteiger partial charge on any atom is 0.343 e. The standard InChI is InChI=1S/C14H12O3.C3H6O.C2H6.I2/c1-16-12-8-5-9-13(10-12)17-14(15)11-6-3-2-4-7-11;1-3(2)4;2*1-2/h2-10H,1H3;1-2H3;1-2H3;. The Balaban J connectivity index is 0. The summed E-state index contributed by atoms with van der Waals surface area (Å²) in [6.07, 6.45) is 0. The van der Waals surface area contributed by atoms with Crippen LogP contribution in [-0.2, 0) is 4.79 Å². The first-order valence-corrected chi connectivity index (χ1v) is 13.8. The summed E-state index contributed by atoms with van der Waals surface area (Å²) >= 11 is 4.24. The third kappa shape index (κ3) is 13.8. The number of carbonyl (C=O) groups excluding carboxylic acids is 2. The van der Waals surface area contributed by atoms with Gasteiger partial charge in [0, 0.05) is 43.3 Å². The van der Waals surface area contributed by atoms with Crippen molar-refractivity contribution in [2.45, 2.75) is 27.7 Å². The number of Topliss-reactive ketones (excluding diaryl/α,β-unsaturated/α-hetero) is 1. The number of esters is 1. The van der Waals surface area contributed by atoms with Crippen LogP contribution in [0.2, 0.25) is 0 Å². The number of hydrogen-bond acceptors (Lipinski definition) is 4. The van der Waals surface area contributed by atoms with E-state index >= 15 is 0 Å². The Morgan fingerprint density at radius 3 is 1.80 bits per heavy atom. The van der Waals surface area contributed by atoms with E-state index in [2.05, 4.69) is 37.2 Å². The number of methoxy groups -OCH3 is 1. The molecule has 0 aromatic heterocycles. The topological polar surface area (TPSA) is 52.6 Å². The van der Waals surface area contributed by atoms with Gasteiger partial charge in [0.25, 0.3) is 0 Å². The molecule has 0 spiro atoms. The number of halogens is 2. The summed E-state index contributed by atoms with van der Waals surface area (Å²) in [6.45, 7) is 7.06. The molecule has 0 saturated heterocycles. The summed E-state index contributed by atoms with van der Waals surface area (Å²) < 4.78 is 10.3. The minimum absolute atomic E-state index is 0.167. The highest BCUT2D eigenvalue weighted by Gasteiger charge is 2.07. The molecular weight excluding hydrogens is 546 g/mol. The molecule has 0 aliphatic heterocycles. The fraction of sp³-hybridized carbons (Fsp3) is 0.263. The maximum absolute atomic E-state index is 11.8. The summed E-state index contributed by atoms with van der Waals surface area (Å²) in [5, 5.41) is 0. The number of carbonyl (C=O) groups is 2. The summed E-state index contributed by atoms with van der Waals surface area (Å²) in [5.41, 5.74) is 0.523. The Morgan fingerprint density at radius 2 is 1.32 bits per heavy atom. The van der Waals surface area contributed by atoms with Crippen molar-refractivity contribution in [2.24, 2.45) is 0 Å². The molecule has 25 heavy (non-hydrogen) atoms. The Morgan fingerprint density at radius 1 is 0.840 bits per heavy atom. The zero-order valence-electron chi connectivity index (χ0n) is 15.1. The van der Waals surface area contributed by atoms with Crippen LogP contribution in [0, 0.1) is 0 Å². The van der Waals surface area contributed by atoms with Gasteiger partial charge in [0.15, 0.2) is 0 Å². The molecule has 0 bridgehead atoms. The molecular formula is C19H24I2O4. The maximum atomic E-state index is 11.8. The second-order valence-electron chi connectivity index (χ2n) is 4.34. The van der Waals surface area contributed by atoms with Gasteiger partial charge in [-0.05, 0) is 38.1 Å².